The lowest BCUT2D eigenvalue weighted by Gasteiger charge is -2.35. The van der Waals surface area contributed by atoms with Crippen LogP contribution < -0.4 is 10.2 Å². The highest BCUT2D eigenvalue weighted by Gasteiger charge is 2.19. The van der Waals surface area contributed by atoms with Crippen LogP contribution in [0, 0.1) is 0 Å². The van der Waals surface area contributed by atoms with E-state index < -0.39 is 0 Å². The van der Waals surface area contributed by atoms with Gasteiger partial charge in [-0.3, -0.25) is 4.79 Å². The summed E-state index contributed by atoms with van der Waals surface area (Å²) in [6.07, 6.45) is 6.28. The van der Waals surface area contributed by atoms with Crippen molar-refractivity contribution < 1.29 is 4.79 Å². The fourth-order valence-electron chi connectivity index (χ4n) is 4.80. The van der Waals surface area contributed by atoms with E-state index >= 15 is 0 Å². The van der Waals surface area contributed by atoms with Gasteiger partial charge in [0.1, 0.15) is 5.65 Å². The molecule has 0 unspecified atom stereocenters. The highest BCUT2D eigenvalue weighted by Crippen LogP contribution is 2.29. The van der Waals surface area contributed by atoms with Crippen LogP contribution in [-0.2, 0) is 11.2 Å². The largest absolute Gasteiger partial charge is 0.368 e. The molecule has 0 aliphatic carbocycles. The molecule has 0 atom stereocenters. The normalized spacial score (nSPS) is 14.3. The van der Waals surface area contributed by atoms with Gasteiger partial charge in [0.05, 0.1) is 0 Å². The van der Waals surface area contributed by atoms with E-state index in [1.807, 2.05) is 11.1 Å². The lowest BCUT2D eigenvalue weighted by Crippen LogP contribution is -2.48. The average molecular weight is 449 g/mol. The molecule has 0 spiro atoms. The molecule has 3 aromatic rings. The van der Waals surface area contributed by atoms with E-state index in [1.54, 1.807) is 6.92 Å². The first-order chi connectivity index (χ1) is 16.0. The van der Waals surface area contributed by atoms with E-state index in [-0.39, 0.29) is 5.91 Å². The summed E-state index contributed by atoms with van der Waals surface area (Å²) in [5, 5.41) is 4.49. The lowest BCUT2D eigenvalue weighted by molar-refractivity contribution is -0.129. The number of hydrogen-bond donors (Lipinski definition) is 1. The molecule has 3 heterocycles. The summed E-state index contributed by atoms with van der Waals surface area (Å²) in [6, 6.07) is 11.1. The van der Waals surface area contributed by atoms with E-state index in [0.717, 1.165) is 68.6 Å². The first kappa shape index (κ1) is 23.1. The van der Waals surface area contributed by atoms with Gasteiger partial charge in [-0.05, 0) is 49.6 Å². The van der Waals surface area contributed by atoms with Gasteiger partial charge in [0.2, 0.25) is 11.9 Å². The Morgan fingerprint density at radius 3 is 2.36 bits per heavy atom. The van der Waals surface area contributed by atoms with Gasteiger partial charge in [-0.25, -0.2) is 4.98 Å². The predicted octanol–water partition coefficient (Wildman–Crippen LogP) is 5.16. The van der Waals surface area contributed by atoms with Gasteiger partial charge in [-0.1, -0.05) is 27.2 Å². The predicted molar refractivity (Wildman–Crippen MR) is 135 cm³/mol. The Bertz CT molecular complexity index is 1080. The molecule has 1 fully saturated rings. The van der Waals surface area contributed by atoms with Crippen molar-refractivity contribution in [3.8, 4) is 0 Å². The van der Waals surface area contributed by atoms with Crippen molar-refractivity contribution >= 4 is 34.3 Å². The van der Waals surface area contributed by atoms with Crippen molar-refractivity contribution in [1.29, 1.82) is 0 Å². The summed E-state index contributed by atoms with van der Waals surface area (Å²) >= 11 is 0. The number of fused-ring (bicyclic) bond motifs is 1. The number of amides is 1. The number of rotatable bonds is 8. The molecule has 1 aromatic carbocycles. The molecule has 176 valence electrons. The van der Waals surface area contributed by atoms with Gasteiger partial charge >= 0.3 is 0 Å². The third-order valence-electron chi connectivity index (χ3n) is 6.68. The second-order valence-corrected chi connectivity index (χ2v) is 8.86. The van der Waals surface area contributed by atoms with Crippen LogP contribution in [0.15, 0.2) is 36.5 Å². The topological polar surface area (TPSA) is 66.3 Å². The molecular formula is C26H36N6O. The van der Waals surface area contributed by atoms with Crippen molar-refractivity contribution in [2.24, 2.45) is 0 Å². The smallest absolute Gasteiger partial charge is 0.229 e. The lowest BCUT2D eigenvalue weighted by atomic mass is 10.1. The SMILES string of the molecule is CCCc1cc2cnc(Nc3ccc(N4CCN(C(C)=O)CC4)cc3)nc2n1C(CC)CC. The third-order valence-corrected chi connectivity index (χ3v) is 6.68. The maximum absolute atomic E-state index is 11.6. The van der Waals surface area contributed by atoms with Crippen molar-refractivity contribution in [3.63, 3.8) is 0 Å². The molecule has 7 nitrogen and oxygen atoms in total. The molecule has 1 aliphatic rings. The fourth-order valence-corrected chi connectivity index (χ4v) is 4.80. The Morgan fingerprint density at radius 2 is 1.76 bits per heavy atom. The van der Waals surface area contributed by atoms with Crippen LogP contribution in [0.3, 0.4) is 0 Å². The number of anilines is 3. The molecule has 1 N–H and O–H groups in total. The zero-order valence-corrected chi connectivity index (χ0v) is 20.3. The Kier molecular flexibility index (Phi) is 7.16. The van der Waals surface area contributed by atoms with Crippen molar-refractivity contribution in [2.45, 2.75) is 59.4 Å². The highest BCUT2D eigenvalue weighted by atomic mass is 16.2. The fraction of sp³-hybridized carbons (Fsp3) is 0.500. The molecule has 4 rings (SSSR count). The van der Waals surface area contributed by atoms with Crippen LogP contribution in [0.25, 0.3) is 11.0 Å². The number of aromatic nitrogens is 3. The molecule has 7 heteroatoms. The number of piperazine rings is 1. The summed E-state index contributed by atoms with van der Waals surface area (Å²) in [5.41, 5.74) is 4.51. The number of carbonyl (C=O) groups excluding carboxylic acids is 1. The molecular weight excluding hydrogens is 412 g/mol. The molecule has 2 aromatic heterocycles. The summed E-state index contributed by atoms with van der Waals surface area (Å²) in [5.74, 6) is 0.780. The summed E-state index contributed by atoms with van der Waals surface area (Å²) in [7, 11) is 0. The van der Waals surface area contributed by atoms with Crippen LogP contribution in [0.4, 0.5) is 17.3 Å². The number of hydrogen-bond acceptors (Lipinski definition) is 5. The van der Waals surface area contributed by atoms with Gasteiger partial charge in [0, 0.05) is 67.8 Å². The van der Waals surface area contributed by atoms with Gasteiger partial charge < -0.3 is 19.7 Å². The second kappa shape index (κ2) is 10.2. The second-order valence-electron chi connectivity index (χ2n) is 8.86. The monoisotopic (exact) mass is 448 g/mol. The van der Waals surface area contributed by atoms with Gasteiger partial charge in [0.15, 0.2) is 0 Å². The minimum Gasteiger partial charge on any atom is -0.368 e. The van der Waals surface area contributed by atoms with E-state index in [1.165, 1.54) is 11.4 Å². The minimum atomic E-state index is 0.156. The molecule has 33 heavy (non-hydrogen) atoms. The first-order valence-corrected chi connectivity index (χ1v) is 12.3. The summed E-state index contributed by atoms with van der Waals surface area (Å²) in [6.45, 7) is 11.6. The first-order valence-electron chi connectivity index (χ1n) is 12.3. The quantitative estimate of drug-likeness (QED) is 0.516. The molecule has 1 saturated heterocycles. The highest BCUT2D eigenvalue weighted by molar-refractivity contribution is 5.78. The molecule has 0 bridgehead atoms. The van der Waals surface area contributed by atoms with Gasteiger partial charge in [0.25, 0.3) is 0 Å². The molecule has 1 amide bonds. The van der Waals surface area contributed by atoms with E-state index in [0.29, 0.717) is 12.0 Å². The molecule has 0 radical (unpaired) electrons. The standard InChI is InChI=1S/C26H36N6O/c1-5-8-24-17-20-18-27-26(29-25(20)32(24)22(6-2)7-3)28-21-9-11-23(12-10-21)31-15-13-30(14-16-31)19(4)33/h9-12,17-18,22H,5-8,13-16H2,1-4H3,(H,27,28,29). The van der Waals surface area contributed by atoms with Gasteiger partial charge in [-0.2, -0.15) is 4.98 Å². The van der Waals surface area contributed by atoms with Gasteiger partial charge in [-0.15, -0.1) is 0 Å². The summed E-state index contributed by atoms with van der Waals surface area (Å²) in [4.78, 5) is 25.3. The Morgan fingerprint density at radius 1 is 1.06 bits per heavy atom. The Hall–Kier alpha value is -3.09. The zero-order valence-electron chi connectivity index (χ0n) is 20.3. The van der Waals surface area contributed by atoms with Crippen molar-refractivity contribution in [2.75, 3.05) is 36.4 Å². The van der Waals surface area contributed by atoms with Crippen LogP contribution in [0.1, 0.15) is 58.7 Å². The number of carbonyl (C=O) groups is 1. The maximum Gasteiger partial charge on any atom is 0.229 e. The zero-order chi connectivity index (χ0) is 23.4. The van der Waals surface area contributed by atoms with Crippen LogP contribution in [0.5, 0.6) is 0 Å². The molecule has 1 aliphatic heterocycles. The van der Waals surface area contributed by atoms with Crippen molar-refractivity contribution in [3.05, 3.63) is 42.2 Å². The molecule has 0 saturated carbocycles. The number of aryl methyl sites for hydroxylation is 1. The Labute approximate surface area is 196 Å². The van der Waals surface area contributed by atoms with E-state index in [4.69, 9.17) is 4.98 Å². The van der Waals surface area contributed by atoms with E-state index in [9.17, 15) is 4.79 Å². The van der Waals surface area contributed by atoms with Crippen molar-refractivity contribution in [1.82, 2.24) is 19.4 Å². The number of benzene rings is 1. The van der Waals surface area contributed by atoms with Crippen LogP contribution in [0.2, 0.25) is 0 Å². The third kappa shape index (κ3) is 4.97. The van der Waals surface area contributed by atoms with E-state index in [2.05, 4.69) is 70.9 Å². The average Bonchev–Trinajstić information content (AvgIpc) is 3.18. The maximum atomic E-state index is 11.6. The Balaban J connectivity index is 1.52. The van der Waals surface area contributed by atoms with Crippen LogP contribution >= 0.6 is 0 Å². The number of nitrogens with one attached hydrogen (secondary N) is 1. The minimum absolute atomic E-state index is 0.156. The summed E-state index contributed by atoms with van der Waals surface area (Å²) < 4.78 is 2.43. The number of nitrogens with zero attached hydrogens (tertiary/aromatic N) is 5. The van der Waals surface area contributed by atoms with Crippen LogP contribution in [-0.4, -0.2) is 51.5 Å².